The van der Waals surface area contributed by atoms with E-state index in [0.29, 0.717) is 15.5 Å². The number of hydrogen-bond donors (Lipinski definition) is 0. The lowest BCUT2D eigenvalue weighted by molar-refractivity contribution is -0.167. The van der Waals surface area contributed by atoms with Crippen LogP contribution in [-0.2, 0) is 38.8 Å². The number of halogens is 1. The van der Waals surface area contributed by atoms with Crippen LogP contribution in [0, 0.1) is 17.8 Å². The van der Waals surface area contributed by atoms with Crippen molar-refractivity contribution in [2.75, 3.05) is 4.90 Å². The molecule has 11 nitrogen and oxygen atoms in total. The summed E-state index contributed by atoms with van der Waals surface area (Å²) in [6.45, 7) is 14.6. The summed E-state index contributed by atoms with van der Waals surface area (Å²) in [6, 6.07) is 12.7. The number of esters is 1. The summed E-state index contributed by atoms with van der Waals surface area (Å²) in [5.74, 6) is -9.52. The third-order valence-corrected chi connectivity index (χ3v) is 8.54. The number of carbonyl (C=O) groups is 6. The van der Waals surface area contributed by atoms with Gasteiger partial charge in [-0.3, -0.25) is 19.2 Å². The van der Waals surface area contributed by atoms with Gasteiger partial charge in [0.25, 0.3) is 0 Å². The Bertz CT molecular complexity index is 1680. The molecule has 250 valence electrons. The standard InChI is InChI=1S/C35H39ClN2O9/c1-32(2,3)45-28(41)25-23-22(26(39)38(27(23)40)31(44)47-34(7,8)9)24(18-14-16-19(36)17-15-18)35(25)20-12-10-11-13-21(20)37(29(35)42)30(43)46-33(4,5)6/h10-17,22-25H,1-9H3/t22?,23-,24+,25+,35-/m1/s1. The van der Waals surface area contributed by atoms with Gasteiger partial charge in [0.1, 0.15) is 16.8 Å². The zero-order chi connectivity index (χ0) is 35.0. The van der Waals surface area contributed by atoms with Gasteiger partial charge in [-0.25, -0.2) is 14.5 Å². The van der Waals surface area contributed by atoms with E-state index in [1.165, 1.54) is 0 Å². The first-order valence-electron chi connectivity index (χ1n) is 15.4. The molecule has 0 aromatic heterocycles. The number of ether oxygens (including phenoxy) is 3. The first-order valence-corrected chi connectivity index (χ1v) is 15.7. The van der Waals surface area contributed by atoms with Crippen molar-refractivity contribution >= 4 is 53.2 Å². The van der Waals surface area contributed by atoms with Crippen molar-refractivity contribution < 1.29 is 43.0 Å². The number of anilines is 1. The van der Waals surface area contributed by atoms with Crippen LogP contribution in [0.3, 0.4) is 0 Å². The largest absolute Gasteiger partial charge is 0.460 e. The first-order chi connectivity index (χ1) is 21.6. The summed E-state index contributed by atoms with van der Waals surface area (Å²) in [4.78, 5) is 86.8. The van der Waals surface area contributed by atoms with Crippen LogP contribution in [0.15, 0.2) is 48.5 Å². The van der Waals surface area contributed by atoms with E-state index in [9.17, 15) is 24.0 Å². The Morgan fingerprint density at radius 2 is 1.17 bits per heavy atom. The minimum Gasteiger partial charge on any atom is -0.460 e. The fourth-order valence-corrected chi connectivity index (χ4v) is 7.14. The Labute approximate surface area is 278 Å². The Kier molecular flexibility index (Phi) is 8.11. The molecule has 12 heteroatoms. The first kappa shape index (κ1) is 34.1. The van der Waals surface area contributed by atoms with Crippen LogP contribution in [0.5, 0.6) is 0 Å². The Morgan fingerprint density at radius 1 is 0.681 bits per heavy atom. The molecule has 0 radical (unpaired) electrons. The maximum Gasteiger partial charge on any atom is 0.424 e. The summed E-state index contributed by atoms with van der Waals surface area (Å²) in [5.41, 5.74) is -4.36. The normalized spacial score (nSPS) is 25.6. The lowest BCUT2D eigenvalue weighted by atomic mass is 9.64. The van der Waals surface area contributed by atoms with Crippen LogP contribution in [0.25, 0.3) is 0 Å². The predicted molar refractivity (Wildman–Crippen MR) is 170 cm³/mol. The van der Waals surface area contributed by atoms with E-state index in [1.807, 2.05) is 0 Å². The number of para-hydroxylation sites is 1. The lowest BCUT2D eigenvalue weighted by Crippen LogP contribution is -2.55. The van der Waals surface area contributed by atoms with E-state index in [4.69, 9.17) is 25.8 Å². The Hall–Kier alpha value is -4.25. The number of fused-ring (bicyclic) bond motifs is 3. The van der Waals surface area contributed by atoms with Crippen molar-refractivity contribution in [2.24, 2.45) is 17.8 Å². The molecule has 0 N–H and O–H groups in total. The molecule has 47 heavy (non-hydrogen) atoms. The van der Waals surface area contributed by atoms with Gasteiger partial charge < -0.3 is 14.2 Å². The number of benzene rings is 2. The molecular formula is C35H39ClN2O9. The van der Waals surface area contributed by atoms with Crippen molar-refractivity contribution in [1.82, 2.24) is 4.90 Å². The monoisotopic (exact) mass is 666 g/mol. The second-order valence-corrected chi connectivity index (χ2v) is 15.5. The SMILES string of the molecule is CC(C)(C)OC(=O)[C@@H]1[C@@H]2C(=O)N(C(=O)OC(C)(C)C)C(=O)C2[C@H](c2ccc(Cl)cc2)[C@@]12C(=O)N(C(=O)OC(C)(C)C)c1ccccc12. The minimum atomic E-state index is -2.01. The van der Waals surface area contributed by atoms with Crippen LogP contribution >= 0.6 is 11.6 Å². The van der Waals surface area contributed by atoms with Crippen LogP contribution in [-0.4, -0.2) is 57.6 Å². The maximum atomic E-state index is 15.2. The predicted octanol–water partition coefficient (Wildman–Crippen LogP) is 6.15. The number of hydrogen-bond acceptors (Lipinski definition) is 9. The van der Waals surface area contributed by atoms with Gasteiger partial charge >= 0.3 is 18.2 Å². The number of nitrogens with zero attached hydrogens (tertiary/aromatic N) is 2. The van der Waals surface area contributed by atoms with E-state index in [0.717, 1.165) is 4.90 Å². The highest BCUT2D eigenvalue weighted by Gasteiger charge is 2.78. The van der Waals surface area contributed by atoms with Crippen LogP contribution < -0.4 is 4.90 Å². The highest BCUT2D eigenvalue weighted by Crippen LogP contribution is 2.67. The van der Waals surface area contributed by atoms with Crippen molar-refractivity contribution in [3.8, 4) is 0 Å². The Morgan fingerprint density at radius 3 is 1.70 bits per heavy atom. The van der Waals surface area contributed by atoms with E-state index in [1.54, 1.807) is 111 Å². The molecule has 1 saturated heterocycles. The van der Waals surface area contributed by atoms with Gasteiger partial charge in [-0.1, -0.05) is 41.9 Å². The van der Waals surface area contributed by atoms with Crippen LogP contribution in [0.4, 0.5) is 15.3 Å². The minimum absolute atomic E-state index is 0.142. The number of carbonyl (C=O) groups excluding carboxylic acids is 6. The zero-order valence-corrected chi connectivity index (χ0v) is 28.6. The fourth-order valence-electron chi connectivity index (χ4n) is 7.02. The average Bonchev–Trinajstić information content (AvgIpc) is 3.46. The smallest absolute Gasteiger partial charge is 0.424 e. The molecule has 1 aliphatic carbocycles. The maximum absolute atomic E-state index is 15.2. The molecule has 3 aliphatic rings. The number of amides is 5. The fraction of sp³-hybridized carbons (Fsp3) is 0.486. The quantitative estimate of drug-likeness (QED) is 0.210. The molecule has 5 amide bonds. The van der Waals surface area contributed by atoms with Gasteiger partial charge in [-0.15, -0.1) is 0 Å². The highest BCUT2D eigenvalue weighted by atomic mass is 35.5. The number of likely N-dealkylation sites (tertiary alicyclic amines) is 1. The number of rotatable bonds is 2. The van der Waals surface area contributed by atoms with Gasteiger partial charge in [-0.05, 0) is 91.6 Å². The molecule has 5 rings (SSSR count). The second kappa shape index (κ2) is 11.2. The molecular weight excluding hydrogens is 628 g/mol. The third kappa shape index (κ3) is 5.68. The molecule has 2 aromatic carbocycles. The molecule has 2 heterocycles. The molecule has 2 aliphatic heterocycles. The van der Waals surface area contributed by atoms with E-state index in [2.05, 4.69) is 0 Å². The molecule has 1 spiro atoms. The average molecular weight is 667 g/mol. The summed E-state index contributed by atoms with van der Waals surface area (Å²) in [7, 11) is 0. The Balaban J connectivity index is 1.83. The highest BCUT2D eigenvalue weighted by molar-refractivity contribution is 6.30. The van der Waals surface area contributed by atoms with Gasteiger partial charge in [0.05, 0.1) is 28.9 Å². The summed E-state index contributed by atoms with van der Waals surface area (Å²) in [6.07, 6.45) is -2.18. The van der Waals surface area contributed by atoms with Crippen LogP contribution in [0.1, 0.15) is 79.4 Å². The molecule has 5 atom stereocenters. The van der Waals surface area contributed by atoms with Crippen molar-refractivity contribution in [3.63, 3.8) is 0 Å². The van der Waals surface area contributed by atoms with Crippen molar-refractivity contribution in [1.29, 1.82) is 0 Å². The van der Waals surface area contributed by atoms with Crippen molar-refractivity contribution in [3.05, 3.63) is 64.7 Å². The van der Waals surface area contributed by atoms with E-state index >= 15 is 4.79 Å². The summed E-state index contributed by atoms with van der Waals surface area (Å²) in [5, 5.41) is 0.360. The molecule has 1 saturated carbocycles. The van der Waals surface area contributed by atoms with E-state index < -0.39 is 81.8 Å². The second-order valence-electron chi connectivity index (χ2n) is 15.1. The zero-order valence-electron chi connectivity index (χ0n) is 27.9. The molecule has 1 unspecified atom stereocenters. The molecule has 0 bridgehead atoms. The summed E-state index contributed by atoms with van der Waals surface area (Å²) < 4.78 is 16.9. The van der Waals surface area contributed by atoms with Gasteiger partial charge in [0.2, 0.25) is 17.7 Å². The third-order valence-electron chi connectivity index (χ3n) is 8.29. The summed E-state index contributed by atoms with van der Waals surface area (Å²) >= 11 is 6.25. The molecule has 2 fully saturated rings. The lowest BCUT2D eigenvalue weighted by Gasteiger charge is -2.38. The van der Waals surface area contributed by atoms with Crippen molar-refractivity contribution in [2.45, 2.75) is 90.4 Å². The van der Waals surface area contributed by atoms with Gasteiger partial charge in [-0.2, -0.15) is 4.90 Å². The number of imide groups is 4. The topological polar surface area (TPSA) is 137 Å². The van der Waals surface area contributed by atoms with Crippen LogP contribution in [0.2, 0.25) is 5.02 Å². The van der Waals surface area contributed by atoms with E-state index in [-0.39, 0.29) is 11.3 Å². The van der Waals surface area contributed by atoms with Gasteiger partial charge in [0.15, 0.2) is 0 Å². The van der Waals surface area contributed by atoms with Gasteiger partial charge in [0, 0.05) is 10.9 Å². The molecule has 2 aromatic rings.